The molecule has 1 aliphatic carbocycles. The van der Waals surface area contributed by atoms with Gasteiger partial charge in [-0.3, -0.25) is 0 Å². The third kappa shape index (κ3) is 3.19. The lowest BCUT2D eigenvalue weighted by Crippen LogP contribution is -2.31. The predicted octanol–water partition coefficient (Wildman–Crippen LogP) is 3.67. The van der Waals surface area contributed by atoms with Crippen LogP contribution in [0.4, 0.5) is 0 Å². The molecule has 1 unspecified atom stereocenters. The summed E-state index contributed by atoms with van der Waals surface area (Å²) in [6, 6.07) is 11.2. The average molecular weight is 345 g/mol. The van der Waals surface area contributed by atoms with Crippen LogP contribution in [0.3, 0.4) is 0 Å². The van der Waals surface area contributed by atoms with Crippen molar-refractivity contribution in [2.45, 2.75) is 44.0 Å². The fraction of sp³-hybridized carbons (Fsp3) is 0.368. The van der Waals surface area contributed by atoms with E-state index < -0.39 is 10.0 Å². The standard InChI is InChI=1S/C19H23NO3S/c1-13-11-16(12-14(2)19(13)23-3)24(21,22)20-18-10-6-8-15-7-4-5-9-17(15)18/h4-5,7,9,11-12,18,20H,6,8,10H2,1-3H3. The molecule has 1 atom stereocenters. The van der Waals surface area contributed by atoms with E-state index in [4.69, 9.17) is 4.74 Å². The van der Waals surface area contributed by atoms with Gasteiger partial charge in [-0.05, 0) is 67.5 Å². The van der Waals surface area contributed by atoms with Gasteiger partial charge in [0.25, 0.3) is 0 Å². The second-order valence-corrected chi connectivity index (χ2v) is 8.07. The Hall–Kier alpha value is -1.85. The van der Waals surface area contributed by atoms with E-state index >= 15 is 0 Å². The summed E-state index contributed by atoms with van der Waals surface area (Å²) in [7, 11) is -1.98. The number of methoxy groups -OCH3 is 1. The maximum atomic E-state index is 12.9. The van der Waals surface area contributed by atoms with Crippen LogP contribution in [0.5, 0.6) is 5.75 Å². The molecule has 0 amide bonds. The molecule has 0 radical (unpaired) electrons. The Morgan fingerprint density at radius 3 is 2.46 bits per heavy atom. The molecule has 0 fully saturated rings. The zero-order chi connectivity index (χ0) is 17.3. The van der Waals surface area contributed by atoms with Gasteiger partial charge in [-0.1, -0.05) is 24.3 Å². The molecule has 0 saturated carbocycles. The number of ether oxygens (including phenoxy) is 1. The van der Waals surface area contributed by atoms with Gasteiger partial charge in [0.05, 0.1) is 12.0 Å². The maximum Gasteiger partial charge on any atom is 0.241 e. The van der Waals surface area contributed by atoms with Gasteiger partial charge in [0.15, 0.2) is 0 Å². The zero-order valence-corrected chi connectivity index (χ0v) is 15.1. The quantitative estimate of drug-likeness (QED) is 0.920. The summed E-state index contributed by atoms with van der Waals surface area (Å²) in [6.45, 7) is 3.72. The summed E-state index contributed by atoms with van der Waals surface area (Å²) < 4.78 is 33.9. The van der Waals surface area contributed by atoms with Crippen molar-refractivity contribution in [2.75, 3.05) is 7.11 Å². The molecular weight excluding hydrogens is 322 g/mol. The van der Waals surface area contributed by atoms with Crippen LogP contribution in [0.15, 0.2) is 41.3 Å². The third-order valence-electron chi connectivity index (χ3n) is 4.62. The smallest absolute Gasteiger partial charge is 0.241 e. The molecule has 1 aliphatic rings. The van der Waals surface area contributed by atoms with E-state index in [0.717, 1.165) is 41.7 Å². The highest BCUT2D eigenvalue weighted by molar-refractivity contribution is 7.89. The van der Waals surface area contributed by atoms with Gasteiger partial charge in [-0.15, -0.1) is 0 Å². The minimum absolute atomic E-state index is 0.164. The molecule has 5 heteroatoms. The first-order valence-corrected chi connectivity index (χ1v) is 9.66. The van der Waals surface area contributed by atoms with Crippen molar-refractivity contribution in [1.82, 2.24) is 4.72 Å². The average Bonchev–Trinajstić information content (AvgIpc) is 2.54. The Kier molecular flexibility index (Phi) is 4.65. The third-order valence-corrected chi connectivity index (χ3v) is 6.07. The van der Waals surface area contributed by atoms with Gasteiger partial charge in [-0.25, -0.2) is 13.1 Å². The van der Waals surface area contributed by atoms with Gasteiger partial charge in [-0.2, -0.15) is 0 Å². The molecule has 0 aliphatic heterocycles. The van der Waals surface area contributed by atoms with Gasteiger partial charge < -0.3 is 4.74 Å². The van der Waals surface area contributed by atoms with Crippen LogP contribution in [0.25, 0.3) is 0 Å². The number of benzene rings is 2. The van der Waals surface area contributed by atoms with Crippen LogP contribution in [-0.4, -0.2) is 15.5 Å². The molecule has 4 nitrogen and oxygen atoms in total. The molecule has 2 aromatic rings. The predicted molar refractivity (Wildman–Crippen MR) is 94.9 cm³/mol. The minimum atomic E-state index is -3.58. The molecule has 0 heterocycles. The largest absolute Gasteiger partial charge is 0.496 e. The number of hydrogen-bond acceptors (Lipinski definition) is 3. The van der Waals surface area contributed by atoms with E-state index in [0.29, 0.717) is 4.90 Å². The van der Waals surface area contributed by atoms with Crippen LogP contribution >= 0.6 is 0 Å². The van der Waals surface area contributed by atoms with Gasteiger partial charge in [0, 0.05) is 6.04 Å². The van der Waals surface area contributed by atoms with Crippen LogP contribution in [-0.2, 0) is 16.4 Å². The van der Waals surface area contributed by atoms with Crippen molar-refractivity contribution in [3.05, 3.63) is 58.7 Å². The summed E-state index contributed by atoms with van der Waals surface area (Å²) in [4.78, 5) is 0.293. The second-order valence-electron chi connectivity index (χ2n) is 6.36. The molecule has 2 aromatic carbocycles. The monoisotopic (exact) mass is 345 g/mol. The first-order valence-electron chi connectivity index (χ1n) is 8.18. The normalized spacial score (nSPS) is 17.4. The Bertz CT molecular complexity index is 836. The Labute approximate surface area is 143 Å². The first-order chi connectivity index (χ1) is 11.4. The fourth-order valence-electron chi connectivity index (χ4n) is 3.52. The van der Waals surface area contributed by atoms with Crippen LogP contribution in [0.2, 0.25) is 0 Å². The number of aryl methyl sites for hydroxylation is 3. The molecule has 0 spiro atoms. The van der Waals surface area contributed by atoms with Crippen LogP contribution in [0.1, 0.15) is 41.1 Å². The van der Waals surface area contributed by atoms with Gasteiger partial charge in [0.2, 0.25) is 10.0 Å². The van der Waals surface area contributed by atoms with Crippen molar-refractivity contribution in [1.29, 1.82) is 0 Å². The zero-order valence-electron chi connectivity index (χ0n) is 14.3. The highest BCUT2D eigenvalue weighted by Crippen LogP contribution is 2.32. The van der Waals surface area contributed by atoms with E-state index in [9.17, 15) is 8.42 Å². The van der Waals surface area contributed by atoms with Crippen molar-refractivity contribution in [2.24, 2.45) is 0 Å². The van der Waals surface area contributed by atoms with Crippen molar-refractivity contribution < 1.29 is 13.2 Å². The highest BCUT2D eigenvalue weighted by Gasteiger charge is 2.26. The van der Waals surface area contributed by atoms with E-state index in [1.54, 1.807) is 19.2 Å². The topological polar surface area (TPSA) is 55.4 Å². The molecule has 0 bridgehead atoms. The van der Waals surface area contributed by atoms with Crippen molar-refractivity contribution in [3.63, 3.8) is 0 Å². The Morgan fingerprint density at radius 2 is 1.79 bits per heavy atom. The SMILES string of the molecule is COc1c(C)cc(S(=O)(=O)NC2CCCc3ccccc32)cc1C. The van der Waals surface area contributed by atoms with Gasteiger partial charge >= 0.3 is 0 Å². The molecular formula is C19H23NO3S. The minimum Gasteiger partial charge on any atom is -0.496 e. The van der Waals surface area contributed by atoms with Gasteiger partial charge in [0.1, 0.15) is 5.75 Å². The maximum absolute atomic E-state index is 12.9. The number of hydrogen-bond donors (Lipinski definition) is 1. The fourth-order valence-corrected chi connectivity index (χ4v) is 4.94. The molecule has 1 N–H and O–H groups in total. The lowest BCUT2D eigenvalue weighted by atomic mass is 9.88. The van der Waals surface area contributed by atoms with E-state index in [1.807, 2.05) is 32.0 Å². The summed E-state index contributed by atoms with van der Waals surface area (Å²) in [5.41, 5.74) is 3.97. The van der Waals surface area contributed by atoms with Crippen LogP contribution in [0, 0.1) is 13.8 Å². The number of sulfonamides is 1. The van der Waals surface area contributed by atoms with Crippen molar-refractivity contribution in [3.8, 4) is 5.75 Å². The van der Waals surface area contributed by atoms with E-state index in [2.05, 4.69) is 10.8 Å². The summed E-state index contributed by atoms with van der Waals surface area (Å²) in [5.74, 6) is 0.733. The van der Waals surface area contributed by atoms with Crippen molar-refractivity contribution >= 4 is 10.0 Å². The summed E-state index contributed by atoms with van der Waals surface area (Å²) >= 11 is 0. The molecule has 128 valence electrons. The number of fused-ring (bicyclic) bond motifs is 1. The molecule has 3 rings (SSSR count). The van der Waals surface area contributed by atoms with E-state index in [1.165, 1.54) is 5.56 Å². The highest BCUT2D eigenvalue weighted by atomic mass is 32.2. The number of rotatable bonds is 4. The molecule has 0 aromatic heterocycles. The molecule has 24 heavy (non-hydrogen) atoms. The summed E-state index contributed by atoms with van der Waals surface area (Å²) in [5, 5.41) is 0. The van der Waals surface area contributed by atoms with Crippen LogP contribution < -0.4 is 9.46 Å². The number of nitrogens with one attached hydrogen (secondary N) is 1. The lowest BCUT2D eigenvalue weighted by molar-refractivity contribution is 0.408. The summed E-state index contributed by atoms with van der Waals surface area (Å²) in [6.07, 6.45) is 2.82. The first kappa shape index (κ1) is 17.0. The van der Waals surface area contributed by atoms with E-state index in [-0.39, 0.29) is 6.04 Å². The Balaban J connectivity index is 1.93. The Morgan fingerprint density at radius 1 is 1.12 bits per heavy atom. The molecule has 0 saturated heterocycles. The second kappa shape index (κ2) is 6.57. The lowest BCUT2D eigenvalue weighted by Gasteiger charge is -2.26.